The second kappa shape index (κ2) is 11.8. The number of ether oxygens (including phenoxy) is 2. The largest absolute Gasteiger partial charge is 0.493 e. The summed E-state index contributed by atoms with van der Waals surface area (Å²) in [4.78, 5) is 24.5. The highest BCUT2D eigenvalue weighted by Crippen LogP contribution is 2.34. The standard InChI is InChI=1S/C24H27F2N3O4S/c1-4-6-21(30)27-17-10-7-15(8-11-17)14-29-24(31)34-20(5-2)22(28-29)16-9-12-18(33-23(25)26)19(13-16)32-3/h7-13,20,23H,4-6,14H2,1-3H3,(H,27,30). The molecule has 1 N–H and O–H groups in total. The molecular formula is C24H27F2N3O4S. The average Bonchev–Trinajstić information content (AvgIpc) is 2.81. The summed E-state index contributed by atoms with van der Waals surface area (Å²) < 4.78 is 35.0. The highest BCUT2D eigenvalue weighted by Gasteiger charge is 2.30. The number of hydrazone groups is 1. The molecule has 10 heteroatoms. The van der Waals surface area contributed by atoms with Crippen molar-refractivity contribution in [2.75, 3.05) is 12.4 Å². The first-order chi connectivity index (χ1) is 16.3. The molecule has 7 nitrogen and oxygen atoms in total. The number of amides is 2. The number of hydrogen-bond acceptors (Lipinski definition) is 6. The Hall–Kier alpha value is -3.14. The second-order valence-corrected chi connectivity index (χ2v) is 8.72. The van der Waals surface area contributed by atoms with Crippen molar-refractivity contribution in [2.45, 2.75) is 51.5 Å². The number of anilines is 1. The van der Waals surface area contributed by atoms with Gasteiger partial charge >= 0.3 is 11.9 Å². The molecule has 0 aromatic heterocycles. The van der Waals surface area contributed by atoms with Gasteiger partial charge in [-0.25, -0.2) is 5.01 Å². The fraction of sp³-hybridized carbons (Fsp3) is 0.375. The zero-order valence-corrected chi connectivity index (χ0v) is 20.0. The van der Waals surface area contributed by atoms with E-state index in [2.05, 4.69) is 15.2 Å². The summed E-state index contributed by atoms with van der Waals surface area (Å²) in [5.74, 6) is 0.0417. The number of nitrogens with zero attached hydrogens (tertiary/aromatic N) is 2. The van der Waals surface area contributed by atoms with Crippen LogP contribution in [0.5, 0.6) is 11.5 Å². The van der Waals surface area contributed by atoms with Gasteiger partial charge in [-0.1, -0.05) is 37.7 Å². The van der Waals surface area contributed by atoms with Gasteiger partial charge in [-0.3, -0.25) is 9.59 Å². The van der Waals surface area contributed by atoms with Gasteiger partial charge in [0.15, 0.2) is 11.5 Å². The Morgan fingerprint density at radius 2 is 1.91 bits per heavy atom. The Bertz CT molecular complexity index is 1050. The van der Waals surface area contributed by atoms with E-state index in [4.69, 9.17) is 4.74 Å². The lowest BCUT2D eigenvalue weighted by atomic mass is 10.0. The molecule has 2 aromatic rings. The molecular weight excluding hydrogens is 464 g/mol. The third-order valence-electron chi connectivity index (χ3n) is 5.08. The molecule has 1 unspecified atom stereocenters. The predicted octanol–water partition coefficient (Wildman–Crippen LogP) is 5.89. The van der Waals surface area contributed by atoms with Crippen LogP contribution in [0.15, 0.2) is 47.6 Å². The van der Waals surface area contributed by atoms with E-state index in [-0.39, 0.29) is 34.4 Å². The molecule has 0 saturated carbocycles. The van der Waals surface area contributed by atoms with E-state index in [1.165, 1.54) is 29.9 Å². The summed E-state index contributed by atoms with van der Waals surface area (Å²) in [6, 6.07) is 11.9. The van der Waals surface area contributed by atoms with E-state index in [1.807, 2.05) is 26.0 Å². The third kappa shape index (κ3) is 6.47. The fourth-order valence-corrected chi connectivity index (χ4v) is 4.36. The number of rotatable bonds is 10. The Labute approximate surface area is 201 Å². The average molecular weight is 492 g/mol. The minimum absolute atomic E-state index is 0.0434. The van der Waals surface area contributed by atoms with Gasteiger partial charge in [0, 0.05) is 17.7 Å². The maximum Gasteiger partial charge on any atom is 0.387 e. The van der Waals surface area contributed by atoms with Crippen LogP contribution in [0.4, 0.5) is 19.3 Å². The van der Waals surface area contributed by atoms with Crippen LogP contribution in [0, 0.1) is 0 Å². The Balaban J connectivity index is 1.82. The Morgan fingerprint density at radius 1 is 1.18 bits per heavy atom. The van der Waals surface area contributed by atoms with Crippen molar-refractivity contribution < 1.29 is 27.8 Å². The van der Waals surface area contributed by atoms with Gasteiger partial charge in [0.2, 0.25) is 5.91 Å². The van der Waals surface area contributed by atoms with Gasteiger partial charge in [-0.2, -0.15) is 13.9 Å². The SMILES string of the molecule is CCCC(=O)Nc1ccc(CN2N=C(c3ccc(OC(F)F)c(OC)c3)C(CC)SC2=O)cc1. The molecule has 1 aliphatic heterocycles. The van der Waals surface area contributed by atoms with E-state index >= 15 is 0 Å². The van der Waals surface area contributed by atoms with E-state index in [9.17, 15) is 18.4 Å². The molecule has 182 valence electrons. The van der Waals surface area contributed by atoms with Crippen molar-refractivity contribution in [2.24, 2.45) is 5.10 Å². The summed E-state index contributed by atoms with van der Waals surface area (Å²) in [5, 5.41) is 8.45. The fourth-order valence-electron chi connectivity index (χ4n) is 3.43. The molecule has 2 aromatic carbocycles. The van der Waals surface area contributed by atoms with Gasteiger partial charge in [0.25, 0.3) is 0 Å². The molecule has 0 fully saturated rings. The van der Waals surface area contributed by atoms with Crippen molar-refractivity contribution in [3.05, 3.63) is 53.6 Å². The second-order valence-electron chi connectivity index (χ2n) is 7.56. The zero-order valence-electron chi connectivity index (χ0n) is 19.2. The van der Waals surface area contributed by atoms with Crippen LogP contribution in [0.1, 0.15) is 44.2 Å². The molecule has 1 heterocycles. The number of carbonyl (C=O) groups is 2. The van der Waals surface area contributed by atoms with E-state index in [0.29, 0.717) is 29.8 Å². The van der Waals surface area contributed by atoms with Crippen molar-refractivity contribution in [3.63, 3.8) is 0 Å². The number of benzene rings is 2. The van der Waals surface area contributed by atoms with Crippen LogP contribution in [-0.4, -0.2) is 40.8 Å². The molecule has 0 spiro atoms. The number of carbonyl (C=O) groups excluding carboxylic acids is 2. The van der Waals surface area contributed by atoms with Crippen molar-refractivity contribution in [1.82, 2.24) is 5.01 Å². The first-order valence-corrected chi connectivity index (χ1v) is 11.8. The van der Waals surface area contributed by atoms with Gasteiger partial charge in [-0.05, 0) is 48.7 Å². The Kier molecular flexibility index (Phi) is 8.86. The topological polar surface area (TPSA) is 80.2 Å². The molecule has 3 rings (SSSR count). The van der Waals surface area contributed by atoms with E-state index in [1.54, 1.807) is 24.3 Å². The summed E-state index contributed by atoms with van der Waals surface area (Å²) in [6.45, 7) is 1.17. The lowest BCUT2D eigenvalue weighted by Gasteiger charge is -2.28. The van der Waals surface area contributed by atoms with E-state index < -0.39 is 6.61 Å². The van der Waals surface area contributed by atoms with E-state index in [0.717, 1.165) is 12.0 Å². The highest BCUT2D eigenvalue weighted by molar-refractivity contribution is 8.14. The van der Waals surface area contributed by atoms with Gasteiger partial charge < -0.3 is 14.8 Å². The minimum atomic E-state index is -2.97. The summed E-state index contributed by atoms with van der Waals surface area (Å²) in [7, 11) is 1.37. The van der Waals surface area contributed by atoms with Crippen LogP contribution in [0.2, 0.25) is 0 Å². The number of hydrogen-bond donors (Lipinski definition) is 1. The molecule has 0 aliphatic carbocycles. The first kappa shape index (κ1) is 25.5. The van der Waals surface area contributed by atoms with Crippen molar-refractivity contribution in [1.29, 1.82) is 0 Å². The number of halogens is 2. The van der Waals surface area contributed by atoms with Crippen LogP contribution in [0.3, 0.4) is 0 Å². The number of alkyl halides is 2. The maximum absolute atomic E-state index is 12.7. The normalized spacial score (nSPS) is 15.8. The summed E-state index contributed by atoms with van der Waals surface area (Å²) in [5.41, 5.74) is 2.84. The van der Waals surface area contributed by atoms with Gasteiger partial charge in [0.1, 0.15) is 0 Å². The van der Waals surface area contributed by atoms with Crippen LogP contribution in [0.25, 0.3) is 0 Å². The van der Waals surface area contributed by atoms with Crippen LogP contribution in [-0.2, 0) is 11.3 Å². The van der Waals surface area contributed by atoms with Crippen molar-refractivity contribution >= 4 is 34.3 Å². The molecule has 1 aliphatic rings. The summed E-state index contributed by atoms with van der Waals surface area (Å²) >= 11 is 1.17. The number of nitrogens with one attached hydrogen (secondary N) is 1. The quantitative estimate of drug-likeness (QED) is 0.449. The third-order valence-corrected chi connectivity index (χ3v) is 6.33. The first-order valence-electron chi connectivity index (χ1n) is 10.9. The molecule has 1 atom stereocenters. The number of thioether (sulfide) groups is 1. The maximum atomic E-state index is 12.7. The molecule has 0 bridgehead atoms. The smallest absolute Gasteiger partial charge is 0.387 e. The monoisotopic (exact) mass is 491 g/mol. The van der Waals surface area contributed by atoms with Gasteiger partial charge in [0.05, 0.1) is 24.6 Å². The predicted molar refractivity (Wildman–Crippen MR) is 129 cm³/mol. The van der Waals surface area contributed by atoms with Crippen molar-refractivity contribution in [3.8, 4) is 11.5 Å². The Morgan fingerprint density at radius 3 is 2.53 bits per heavy atom. The summed E-state index contributed by atoms with van der Waals surface area (Å²) in [6.07, 6.45) is 1.88. The molecule has 34 heavy (non-hydrogen) atoms. The zero-order chi connectivity index (χ0) is 24.7. The van der Waals surface area contributed by atoms with Crippen LogP contribution < -0.4 is 14.8 Å². The molecule has 0 radical (unpaired) electrons. The molecule has 0 saturated heterocycles. The minimum Gasteiger partial charge on any atom is -0.493 e. The highest BCUT2D eigenvalue weighted by atomic mass is 32.2. The lowest BCUT2D eigenvalue weighted by Crippen LogP contribution is -2.34. The van der Waals surface area contributed by atoms with Gasteiger partial charge in [-0.15, -0.1) is 0 Å². The lowest BCUT2D eigenvalue weighted by molar-refractivity contribution is -0.116. The number of methoxy groups -OCH3 is 1. The van der Waals surface area contributed by atoms with Crippen LogP contribution >= 0.6 is 11.8 Å². The molecule has 2 amide bonds.